The molecule has 0 amide bonds. The Hall–Kier alpha value is -0.0900. The van der Waals surface area contributed by atoms with E-state index in [1.807, 2.05) is 30.3 Å². The lowest BCUT2D eigenvalue weighted by molar-refractivity contribution is 0.322. The summed E-state index contributed by atoms with van der Waals surface area (Å²) in [5, 5.41) is 0. The number of hydrogen-bond donors (Lipinski definition) is 1. The van der Waals surface area contributed by atoms with Crippen LogP contribution in [0.1, 0.15) is 0 Å². The van der Waals surface area contributed by atoms with Crippen LogP contribution in [-0.4, -0.2) is 10.8 Å². The normalized spacial score (nSPS) is 14.7. The van der Waals surface area contributed by atoms with Gasteiger partial charge in [0.05, 0.1) is 0 Å². The molecule has 0 bridgehead atoms. The van der Waals surface area contributed by atoms with Crippen molar-refractivity contribution < 1.29 is 22.9 Å². The quantitative estimate of drug-likeness (QED) is 0.485. The van der Waals surface area contributed by atoms with E-state index in [0.717, 1.165) is 4.90 Å². The van der Waals surface area contributed by atoms with E-state index < -0.39 is 16.5 Å². The summed E-state index contributed by atoms with van der Waals surface area (Å²) in [7, 11) is -6.03. The van der Waals surface area contributed by atoms with Gasteiger partial charge in [-0.1, -0.05) is 30.0 Å². The highest BCUT2D eigenvalue weighted by Crippen LogP contribution is 2.37. The third-order valence-corrected chi connectivity index (χ3v) is 4.11. The molecule has 2 unspecified atom stereocenters. The van der Waals surface area contributed by atoms with E-state index in [9.17, 15) is 9.13 Å². The smallest absolute Gasteiger partial charge is 0.326 e. The molecule has 1 aromatic carbocycles. The first-order valence-corrected chi connectivity index (χ1v) is 7.41. The lowest BCUT2D eigenvalue weighted by Crippen LogP contribution is -1.80. The van der Waals surface area contributed by atoms with Crippen molar-refractivity contribution in [1.82, 2.24) is 0 Å². The Morgan fingerprint density at radius 1 is 1.27 bits per heavy atom. The first-order valence-electron chi connectivity index (χ1n) is 3.94. The maximum Gasteiger partial charge on any atom is 0.326 e. The number of thioether (sulfide) groups is 1. The summed E-state index contributed by atoms with van der Waals surface area (Å²) in [5.74, 6) is 0.122. The van der Waals surface area contributed by atoms with Gasteiger partial charge in [-0.25, -0.2) is 4.31 Å². The largest absolute Gasteiger partial charge is 0.326 e. The van der Waals surface area contributed by atoms with Gasteiger partial charge in [-0.3, -0.25) is 13.7 Å². The molecule has 0 aliphatic heterocycles. The van der Waals surface area contributed by atoms with Crippen LogP contribution in [0, 0.1) is 0 Å². The van der Waals surface area contributed by atoms with Crippen molar-refractivity contribution >= 4 is 28.3 Å². The third-order valence-electron chi connectivity index (χ3n) is 1.32. The number of rotatable bonds is 6. The molecule has 1 N–H and O–H groups in total. The van der Waals surface area contributed by atoms with E-state index in [1.54, 1.807) is 0 Å². The highest BCUT2D eigenvalue weighted by atomic mass is 32.2. The number of hydrogen-bond acceptors (Lipinski definition) is 5. The molecule has 8 heteroatoms. The van der Waals surface area contributed by atoms with Gasteiger partial charge < -0.3 is 4.89 Å². The molecule has 0 radical (unpaired) electrons. The first kappa shape index (κ1) is 13.0. The fraction of sp³-hybridized carbons (Fsp3) is 0.143. The molecule has 0 saturated carbocycles. The van der Waals surface area contributed by atoms with E-state index in [2.05, 4.69) is 4.31 Å². The second kappa shape index (κ2) is 7.23. The van der Waals surface area contributed by atoms with Crippen molar-refractivity contribution in [2.45, 2.75) is 4.90 Å². The Morgan fingerprint density at radius 3 is 2.53 bits per heavy atom. The summed E-state index contributed by atoms with van der Waals surface area (Å²) in [5.41, 5.74) is 0. The standard InChI is InChI=1S/C7H10O5P2S/c8-13(9)12-14(10)11-6-15-7-4-2-1-3-5-7/h1-5,13-14H,6H2,(H,8,9). The summed E-state index contributed by atoms with van der Waals surface area (Å²) in [4.78, 5) is 9.26. The zero-order valence-corrected chi connectivity index (χ0v) is 10.4. The van der Waals surface area contributed by atoms with Crippen LogP contribution in [0.25, 0.3) is 0 Å². The maximum absolute atomic E-state index is 10.8. The molecular weight excluding hydrogens is 258 g/mol. The van der Waals surface area contributed by atoms with Crippen LogP contribution in [-0.2, 0) is 18.0 Å². The summed E-state index contributed by atoms with van der Waals surface area (Å²) in [6, 6.07) is 9.37. The average Bonchev–Trinajstić information content (AvgIpc) is 2.18. The van der Waals surface area contributed by atoms with E-state index in [1.165, 1.54) is 11.8 Å². The van der Waals surface area contributed by atoms with Crippen LogP contribution < -0.4 is 0 Å². The lowest BCUT2D eigenvalue weighted by Gasteiger charge is -2.02. The molecule has 0 fully saturated rings. The second-order valence-corrected chi connectivity index (χ2v) is 5.47. The van der Waals surface area contributed by atoms with E-state index in [4.69, 9.17) is 9.42 Å². The Kier molecular flexibility index (Phi) is 6.25. The van der Waals surface area contributed by atoms with Gasteiger partial charge in [0.2, 0.25) is 0 Å². The topological polar surface area (TPSA) is 72.8 Å². The first-order chi connectivity index (χ1) is 7.18. The van der Waals surface area contributed by atoms with Gasteiger partial charge in [0.25, 0.3) is 0 Å². The fourth-order valence-corrected chi connectivity index (χ4v) is 2.68. The van der Waals surface area contributed by atoms with Crippen molar-refractivity contribution in [2.75, 3.05) is 5.94 Å². The minimum Gasteiger partial charge on any atom is -0.326 e. The van der Waals surface area contributed by atoms with Gasteiger partial charge >= 0.3 is 16.5 Å². The molecule has 5 nitrogen and oxygen atoms in total. The van der Waals surface area contributed by atoms with E-state index in [0.29, 0.717) is 0 Å². The lowest BCUT2D eigenvalue weighted by atomic mass is 10.4. The molecule has 1 rings (SSSR count). The minimum atomic E-state index is -3.18. The van der Waals surface area contributed by atoms with Crippen LogP contribution >= 0.6 is 28.3 Å². The van der Waals surface area contributed by atoms with Gasteiger partial charge in [0, 0.05) is 4.90 Å². The fourth-order valence-electron chi connectivity index (χ4n) is 0.763. The van der Waals surface area contributed by atoms with Crippen molar-refractivity contribution in [3.8, 4) is 0 Å². The van der Waals surface area contributed by atoms with Gasteiger partial charge in [-0.2, -0.15) is 0 Å². The highest BCUT2D eigenvalue weighted by Gasteiger charge is 2.03. The Bertz CT molecular complexity index is 344. The van der Waals surface area contributed by atoms with Gasteiger partial charge in [-0.15, -0.1) is 0 Å². The maximum atomic E-state index is 10.8. The van der Waals surface area contributed by atoms with Gasteiger partial charge in [0.1, 0.15) is 5.94 Å². The SMILES string of the molecule is O=[PH](O)O[PH](=O)OCSc1ccccc1. The molecule has 0 spiro atoms. The van der Waals surface area contributed by atoms with Crippen LogP contribution in [0.15, 0.2) is 35.2 Å². The summed E-state index contributed by atoms with van der Waals surface area (Å²) >= 11 is 1.33. The Balaban J connectivity index is 2.22. The molecule has 2 atom stereocenters. The average molecular weight is 268 g/mol. The third kappa shape index (κ3) is 6.15. The van der Waals surface area contributed by atoms with Gasteiger partial charge in [0.15, 0.2) is 0 Å². The van der Waals surface area contributed by atoms with Crippen molar-refractivity contribution in [1.29, 1.82) is 0 Å². The molecule has 0 heterocycles. The van der Waals surface area contributed by atoms with Crippen molar-refractivity contribution in [3.63, 3.8) is 0 Å². The zero-order valence-electron chi connectivity index (χ0n) is 7.58. The van der Waals surface area contributed by atoms with Crippen LogP contribution in [0.3, 0.4) is 0 Å². The molecule has 84 valence electrons. The Labute approximate surface area is 92.7 Å². The van der Waals surface area contributed by atoms with E-state index >= 15 is 0 Å². The molecule has 1 aromatic rings. The van der Waals surface area contributed by atoms with Crippen molar-refractivity contribution in [3.05, 3.63) is 30.3 Å². The second-order valence-electron chi connectivity index (χ2n) is 2.34. The molecule has 15 heavy (non-hydrogen) atoms. The summed E-state index contributed by atoms with van der Waals surface area (Å²) in [6.07, 6.45) is 0. The number of benzene rings is 1. The highest BCUT2D eigenvalue weighted by molar-refractivity contribution is 7.99. The monoisotopic (exact) mass is 268 g/mol. The Morgan fingerprint density at radius 2 is 1.93 bits per heavy atom. The van der Waals surface area contributed by atoms with Gasteiger partial charge in [-0.05, 0) is 12.1 Å². The van der Waals surface area contributed by atoms with E-state index in [-0.39, 0.29) is 5.94 Å². The zero-order chi connectivity index (χ0) is 11.1. The van der Waals surface area contributed by atoms with Crippen molar-refractivity contribution in [2.24, 2.45) is 0 Å². The molecule has 0 aromatic heterocycles. The van der Waals surface area contributed by atoms with Crippen LogP contribution in [0.4, 0.5) is 0 Å². The molecule has 0 aliphatic rings. The molecule has 0 saturated heterocycles. The summed E-state index contributed by atoms with van der Waals surface area (Å²) in [6.45, 7) is 0. The van der Waals surface area contributed by atoms with Crippen LogP contribution in [0.5, 0.6) is 0 Å². The van der Waals surface area contributed by atoms with Crippen LogP contribution in [0.2, 0.25) is 0 Å². The summed E-state index contributed by atoms with van der Waals surface area (Å²) < 4.78 is 29.8. The molecular formula is C7H10O5P2S. The predicted octanol–water partition coefficient (Wildman–Crippen LogP) is 2.54. The predicted molar refractivity (Wildman–Crippen MR) is 59.6 cm³/mol. The minimum absolute atomic E-state index is 0.122. The molecule has 0 aliphatic carbocycles.